The van der Waals surface area contributed by atoms with Gasteiger partial charge in [0.2, 0.25) is 0 Å². The summed E-state index contributed by atoms with van der Waals surface area (Å²) in [5.74, 6) is -0.816. The molecular weight excluding hydrogens is 316 g/mol. The van der Waals surface area contributed by atoms with Gasteiger partial charge in [0.1, 0.15) is 18.1 Å². The molecule has 0 aliphatic carbocycles. The van der Waals surface area contributed by atoms with Crippen molar-refractivity contribution in [2.75, 3.05) is 31.2 Å². The average molecular weight is 338 g/mol. The van der Waals surface area contributed by atoms with Crippen molar-refractivity contribution in [1.29, 1.82) is 0 Å². The molecule has 0 atom stereocenters. The standard InChI is InChI=1S/C16H22N2O4S/c1-4-21-14(19)9-18(10-15(20)22-5-2)13-7-6-12(16(17)23)8-11(13)3/h6-8H,4-5,9-10H2,1-3H3,(H2,17,23). The van der Waals surface area contributed by atoms with Crippen LogP contribution in [0.4, 0.5) is 5.69 Å². The SMILES string of the molecule is CCOC(=O)CN(CC(=O)OCC)c1ccc(C(N)=S)cc1C. The van der Waals surface area contributed by atoms with Gasteiger partial charge >= 0.3 is 11.9 Å². The highest BCUT2D eigenvalue weighted by Crippen LogP contribution is 2.21. The second kappa shape index (κ2) is 9.09. The third kappa shape index (κ3) is 5.86. The number of rotatable bonds is 8. The molecule has 6 nitrogen and oxygen atoms in total. The minimum atomic E-state index is -0.408. The van der Waals surface area contributed by atoms with Crippen LogP contribution >= 0.6 is 12.2 Å². The number of anilines is 1. The van der Waals surface area contributed by atoms with Crippen molar-refractivity contribution < 1.29 is 19.1 Å². The number of nitrogens with zero attached hydrogens (tertiary/aromatic N) is 1. The molecule has 0 radical (unpaired) electrons. The van der Waals surface area contributed by atoms with E-state index in [9.17, 15) is 9.59 Å². The molecule has 7 heteroatoms. The number of thiocarbonyl (C=S) groups is 1. The van der Waals surface area contributed by atoms with Crippen LogP contribution in [0.5, 0.6) is 0 Å². The highest BCUT2D eigenvalue weighted by molar-refractivity contribution is 7.80. The molecule has 0 aromatic heterocycles. The van der Waals surface area contributed by atoms with Crippen molar-refractivity contribution in [3.8, 4) is 0 Å². The lowest BCUT2D eigenvalue weighted by atomic mass is 10.1. The van der Waals surface area contributed by atoms with Gasteiger partial charge in [0, 0.05) is 11.3 Å². The van der Waals surface area contributed by atoms with Crippen LogP contribution in [0.1, 0.15) is 25.0 Å². The van der Waals surface area contributed by atoms with E-state index in [1.807, 2.05) is 13.0 Å². The summed E-state index contributed by atoms with van der Waals surface area (Å²) in [5.41, 5.74) is 7.93. The molecule has 0 amide bonds. The predicted molar refractivity (Wildman–Crippen MR) is 92.5 cm³/mol. The van der Waals surface area contributed by atoms with Gasteiger partial charge in [-0.15, -0.1) is 0 Å². The number of hydrogen-bond donors (Lipinski definition) is 1. The molecule has 0 aliphatic heterocycles. The Morgan fingerprint density at radius 1 is 1.13 bits per heavy atom. The van der Waals surface area contributed by atoms with Crippen molar-refractivity contribution in [2.24, 2.45) is 5.73 Å². The summed E-state index contributed by atoms with van der Waals surface area (Å²) in [6.45, 7) is 5.81. The van der Waals surface area contributed by atoms with Gasteiger partial charge < -0.3 is 20.1 Å². The van der Waals surface area contributed by atoms with Crippen LogP contribution < -0.4 is 10.6 Å². The second-order valence-corrected chi connectivity index (χ2v) is 5.27. The molecule has 0 saturated carbocycles. The number of benzene rings is 1. The fraction of sp³-hybridized carbons (Fsp3) is 0.438. The van der Waals surface area contributed by atoms with Crippen molar-refractivity contribution in [3.05, 3.63) is 29.3 Å². The van der Waals surface area contributed by atoms with E-state index in [-0.39, 0.29) is 26.3 Å². The topological polar surface area (TPSA) is 81.9 Å². The molecule has 0 saturated heterocycles. The van der Waals surface area contributed by atoms with Gasteiger partial charge in [0.05, 0.1) is 13.2 Å². The summed E-state index contributed by atoms with van der Waals surface area (Å²) < 4.78 is 9.93. The van der Waals surface area contributed by atoms with Gasteiger partial charge in [-0.1, -0.05) is 12.2 Å². The highest BCUT2D eigenvalue weighted by Gasteiger charge is 2.18. The number of aryl methyl sites for hydroxylation is 1. The minimum absolute atomic E-state index is 0.0418. The van der Waals surface area contributed by atoms with E-state index in [0.29, 0.717) is 4.99 Å². The molecule has 0 spiro atoms. The molecule has 0 fully saturated rings. The number of carbonyl (C=O) groups excluding carboxylic acids is 2. The maximum absolute atomic E-state index is 11.8. The Morgan fingerprint density at radius 2 is 1.65 bits per heavy atom. The van der Waals surface area contributed by atoms with E-state index in [1.54, 1.807) is 30.9 Å². The van der Waals surface area contributed by atoms with Crippen molar-refractivity contribution in [3.63, 3.8) is 0 Å². The molecule has 1 aromatic rings. The summed E-state index contributed by atoms with van der Waals surface area (Å²) in [6.07, 6.45) is 0. The third-order valence-corrected chi connectivity index (χ3v) is 3.31. The van der Waals surface area contributed by atoms with Gasteiger partial charge in [-0.05, 0) is 44.5 Å². The average Bonchev–Trinajstić information content (AvgIpc) is 2.46. The Kier molecular flexibility index (Phi) is 7.47. The number of hydrogen-bond acceptors (Lipinski definition) is 6. The summed E-state index contributed by atoms with van der Waals surface area (Å²) in [5, 5.41) is 0. The fourth-order valence-electron chi connectivity index (χ4n) is 2.11. The Labute approximate surface area is 141 Å². The van der Waals surface area contributed by atoms with Crippen molar-refractivity contribution in [1.82, 2.24) is 0 Å². The fourth-order valence-corrected chi connectivity index (χ4v) is 2.24. The van der Waals surface area contributed by atoms with Crippen LogP contribution in [-0.4, -0.2) is 43.2 Å². The molecule has 0 unspecified atom stereocenters. The lowest BCUT2D eigenvalue weighted by molar-refractivity contribution is -0.142. The Morgan fingerprint density at radius 3 is 2.04 bits per heavy atom. The molecule has 2 N–H and O–H groups in total. The van der Waals surface area contributed by atoms with Gasteiger partial charge in [-0.2, -0.15) is 0 Å². The molecule has 1 rings (SSSR count). The smallest absolute Gasteiger partial charge is 0.325 e. The first-order chi connectivity index (χ1) is 10.9. The molecule has 0 bridgehead atoms. The molecule has 0 heterocycles. The monoisotopic (exact) mass is 338 g/mol. The number of esters is 2. The summed E-state index contributed by atoms with van der Waals surface area (Å²) in [6, 6.07) is 5.36. The van der Waals surface area contributed by atoms with E-state index in [2.05, 4.69) is 0 Å². The first-order valence-electron chi connectivity index (χ1n) is 7.35. The van der Waals surface area contributed by atoms with E-state index in [0.717, 1.165) is 16.8 Å². The second-order valence-electron chi connectivity index (χ2n) is 4.83. The maximum atomic E-state index is 11.8. The number of ether oxygens (including phenoxy) is 2. The van der Waals surface area contributed by atoms with Crippen LogP contribution in [0.25, 0.3) is 0 Å². The van der Waals surface area contributed by atoms with Crippen molar-refractivity contribution in [2.45, 2.75) is 20.8 Å². The lowest BCUT2D eigenvalue weighted by Crippen LogP contribution is -2.36. The normalized spacial score (nSPS) is 10.0. The van der Waals surface area contributed by atoms with Crippen molar-refractivity contribution >= 4 is 34.8 Å². The minimum Gasteiger partial charge on any atom is -0.465 e. The zero-order chi connectivity index (χ0) is 17.4. The molecule has 23 heavy (non-hydrogen) atoms. The van der Waals surface area contributed by atoms with Gasteiger partial charge in [-0.3, -0.25) is 9.59 Å². The molecule has 126 valence electrons. The van der Waals surface area contributed by atoms with Crippen LogP contribution in [0.3, 0.4) is 0 Å². The summed E-state index contributed by atoms with van der Waals surface area (Å²) >= 11 is 4.96. The number of carbonyl (C=O) groups is 2. The van der Waals surface area contributed by atoms with Gasteiger partial charge in [0.25, 0.3) is 0 Å². The quantitative estimate of drug-likeness (QED) is 0.569. The number of nitrogens with two attached hydrogens (primary N) is 1. The predicted octanol–water partition coefficient (Wildman–Crippen LogP) is 1.56. The largest absolute Gasteiger partial charge is 0.465 e. The van der Waals surface area contributed by atoms with Gasteiger partial charge in [0.15, 0.2) is 0 Å². The first kappa shape index (κ1) is 18.9. The van der Waals surface area contributed by atoms with E-state index >= 15 is 0 Å². The van der Waals surface area contributed by atoms with Gasteiger partial charge in [-0.25, -0.2) is 0 Å². The molecular formula is C16H22N2O4S. The molecule has 0 aliphatic rings. The summed E-state index contributed by atoms with van der Waals surface area (Å²) in [4.78, 5) is 25.5. The van der Waals surface area contributed by atoms with Crippen LogP contribution in [0.15, 0.2) is 18.2 Å². The van der Waals surface area contributed by atoms with E-state index in [4.69, 9.17) is 27.4 Å². The maximum Gasteiger partial charge on any atom is 0.325 e. The highest BCUT2D eigenvalue weighted by atomic mass is 32.1. The van der Waals surface area contributed by atoms with Crippen LogP contribution in [0.2, 0.25) is 0 Å². The Hall–Kier alpha value is -2.15. The van der Waals surface area contributed by atoms with Crippen LogP contribution in [-0.2, 0) is 19.1 Å². The third-order valence-electron chi connectivity index (χ3n) is 3.07. The summed E-state index contributed by atoms with van der Waals surface area (Å²) in [7, 11) is 0. The Bertz CT molecular complexity index is 569. The van der Waals surface area contributed by atoms with E-state index in [1.165, 1.54) is 0 Å². The lowest BCUT2D eigenvalue weighted by Gasteiger charge is -2.24. The first-order valence-corrected chi connectivity index (χ1v) is 7.76. The zero-order valence-corrected chi connectivity index (χ0v) is 14.4. The zero-order valence-electron chi connectivity index (χ0n) is 13.6. The Balaban J connectivity index is 3.04. The van der Waals surface area contributed by atoms with Crippen LogP contribution in [0, 0.1) is 6.92 Å². The molecule has 1 aromatic carbocycles. The van der Waals surface area contributed by atoms with E-state index < -0.39 is 11.9 Å².